The highest BCUT2D eigenvalue weighted by Crippen LogP contribution is 2.14. The Bertz CT molecular complexity index is 343. The monoisotopic (exact) mass is 244 g/mol. The fourth-order valence-corrected chi connectivity index (χ4v) is 1.03. The molecule has 0 heterocycles. The Morgan fingerprint density at radius 1 is 1.53 bits per heavy atom. The molecule has 0 spiro atoms. The number of ether oxygens (including phenoxy) is 1. The van der Waals surface area contributed by atoms with Gasteiger partial charge >= 0.3 is 12.1 Å². The second-order valence-corrected chi connectivity index (χ2v) is 4.27. The van der Waals surface area contributed by atoms with Gasteiger partial charge in [-0.2, -0.15) is 9.71 Å². The predicted octanol–water partition coefficient (Wildman–Crippen LogP) is 2.31. The molecule has 0 saturated heterocycles. The van der Waals surface area contributed by atoms with Crippen LogP contribution in [0.5, 0.6) is 0 Å². The predicted molar refractivity (Wildman–Crippen MR) is 58.9 cm³/mol. The van der Waals surface area contributed by atoms with Gasteiger partial charge in [0.05, 0.1) is 0 Å². The van der Waals surface area contributed by atoms with Crippen molar-refractivity contribution in [3.63, 3.8) is 0 Å². The molecule has 1 atom stereocenters. The van der Waals surface area contributed by atoms with Gasteiger partial charge in [0.25, 0.3) is 0 Å². The molecule has 0 unspecified atom stereocenters. The van der Waals surface area contributed by atoms with Gasteiger partial charge in [0.1, 0.15) is 5.60 Å². The fourth-order valence-electron chi connectivity index (χ4n) is 1.03. The molecule has 0 aliphatic carbocycles. The fraction of sp³-hybridized carbons (Fsp3) is 0.778. The van der Waals surface area contributed by atoms with Crippen LogP contribution < -0.4 is 0 Å². The number of azide groups is 1. The summed E-state index contributed by atoms with van der Waals surface area (Å²) in [4.78, 5) is 24.9. The van der Waals surface area contributed by atoms with E-state index in [2.05, 4.69) is 10.1 Å². The number of hydrogen-bond donors (Lipinski definition) is 1. The highest BCUT2D eigenvalue weighted by Gasteiger charge is 2.35. The van der Waals surface area contributed by atoms with Crippen LogP contribution in [0.2, 0.25) is 0 Å². The van der Waals surface area contributed by atoms with Gasteiger partial charge in [0.15, 0.2) is 0 Å². The number of nitrogens with zero attached hydrogens (tertiary/aromatic N) is 4. The molecule has 1 amide bonds. The molecule has 0 aliphatic heterocycles. The maximum absolute atomic E-state index is 11.6. The van der Waals surface area contributed by atoms with Gasteiger partial charge in [-0.05, 0) is 32.4 Å². The summed E-state index contributed by atoms with van der Waals surface area (Å²) in [6.45, 7) is 6.44. The molecule has 0 fully saturated rings. The van der Waals surface area contributed by atoms with Crippen molar-refractivity contribution in [2.75, 3.05) is 0 Å². The van der Waals surface area contributed by atoms with Gasteiger partial charge in [-0.3, -0.25) is 0 Å². The van der Waals surface area contributed by atoms with E-state index in [1.165, 1.54) is 0 Å². The zero-order chi connectivity index (χ0) is 13.6. The average molecular weight is 244 g/mol. The quantitative estimate of drug-likeness (QED) is 0.353. The molecule has 0 bridgehead atoms. The highest BCUT2D eigenvalue weighted by molar-refractivity contribution is 5.79. The van der Waals surface area contributed by atoms with Crippen molar-refractivity contribution < 1.29 is 19.4 Å². The number of rotatable bonds is 4. The lowest BCUT2D eigenvalue weighted by molar-refractivity contribution is -0.143. The van der Waals surface area contributed by atoms with E-state index in [1.807, 2.05) is 0 Å². The van der Waals surface area contributed by atoms with Crippen LogP contribution in [-0.4, -0.2) is 33.8 Å². The second-order valence-electron chi connectivity index (χ2n) is 4.27. The molecule has 0 aromatic heterocycles. The molecule has 0 aliphatic rings. The molecular weight excluding hydrogens is 228 g/mol. The Morgan fingerprint density at radius 2 is 2.06 bits per heavy atom. The number of amides is 1. The number of hydrogen-bond acceptors (Lipinski definition) is 4. The third-order valence-electron chi connectivity index (χ3n) is 1.68. The van der Waals surface area contributed by atoms with Crippen LogP contribution in [0.1, 0.15) is 34.1 Å². The van der Waals surface area contributed by atoms with Crippen molar-refractivity contribution in [3.8, 4) is 0 Å². The second kappa shape index (κ2) is 5.95. The van der Waals surface area contributed by atoms with Gasteiger partial charge < -0.3 is 9.84 Å². The summed E-state index contributed by atoms with van der Waals surface area (Å²) >= 11 is 0. The third kappa shape index (κ3) is 5.07. The van der Waals surface area contributed by atoms with E-state index in [1.54, 1.807) is 27.7 Å². The summed E-state index contributed by atoms with van der Waals surface area (Å²) in [5.74, 6) is -1.26. The Morgan fingerprint density at radius 3 is 2.35 bits per heavy atom. The minimum Gasteiger partial charge on any atom is -0.478 e. The first-order chi connectivity index (χ1) is 7.72. The summed E-state index contributed by atoms with van der Waals surface area (Å²) in [6, 6.07) is -1.24. The van der Waals surface area contributed by atoms with Crippen molar-refractivity contribution >= 4 is 12.1 Å². The van der Waals surface area contributed by atoms with Crippen LogP contribution >= 0.6 is 0 Å². The van der Waals surface area contributed by atoms with Crippen LogP contribution in [0.15, 0.2) is 5.22 Å². The van der Waals surface area contributed by atoms with E-state index < -0.39 is 23.7 Å². The lowest BCUT2D eigenvalue weighted by atomic mass is 10.2. The standard InChI is InChI=1S/C9H16N4O4/c1-5-6(7(14)15)13(12-11-10)8(16)17-9(2,3)4/h6H,5H2,1-4H3,(H,14,15)/t6-/m0/s1. The summed E-state index contributed by atoms with van der Waals surface area (Å²) in [5, 5.41) is 12.4. The largest absolute Gasteiger partial charge is 0.511 e. The number of carbonyl (C=O) groups excluding carboxylic acids is 1. The Hall–Kier alpha value is -1.95. The Kier molecular flexibility index (Phi) is 5.27. The van der Waals surface area contributed by atoms with Crippen LogP contribution in [0.3, 0.4) is 0 Å². The van der Waals surface area contributed by atoms with Gasteiger partial charge in [0, 0.05) is 0 Å². The van der Waals surface area contributed by atoms with Crippen molar-refractivity contribution in [2.45, 2.75) is 45.8 Å². The normalized spacial score (nSPS) is 12.2. The Labute approximate surface area is 98.8 Å². The van der Waals surface area contributed by atoms with Crippen molar-refractivity contribution in [2.24, 2.45) is 5.22 Å². The molecule has 0 saturated carbocycles. The Balaban J connectivity index is 5.03. The summed E-state index contributed by atoms with van der Waals surface area (Å²) in [7, 11) is 0. The van der Waals surface area contributed by atoms with Crippen molar-refractivity contribution in [1.82, 2.24) is 5.01 Å². The smallest absolute Gasteiger partial charge is 0.478 e. The van der Waals surface area contributed by atoms with E-state index in [4.69, 9.17) is 15.4 Å². The van der Waals surface area contributed by atoms with Gasteiger partial charge in [-0.15, -0.1) is 10.5 Å². The van der Waals surface area contributed by atoms with Crippen LogP contribution in [0, 0.1) is 0 Å². The molecule has 0 radical (unpaired) electrons. The van der Waals surface area contributed by atoms with E-state index in [9.17, 15) is 9.59 Å². The van der Waals surface area contributed by atoms with Crippen molar-refractivity contribution in [3.05, 3.63) is 10.4 Å². The zero-order valence-corrected chi connectivity index (χ0v) is 10.2. The number of carbonyl (C=O) groups is 2. The summed E-state index contributed by atoms with van der Waals surface area (Å²) in [5.41, 5.74) is 7.53. The van der Waals surface area contributed by atoms with E-state index in [0.29, 0.717) is 5.01 Å². The average Bonchev–Trinajstić information content (AvgIpc) is 2.14. The first-order valence-electron chi connectivity index (χ1n) is 5.03. The van der Waals surface area contributed by atoms with E-state index >= 15 is 0 Å². The topological polar surface area (TPSA) is 116 Å². The molecule has 0 rings (SSSR count). The maximum Gasteiger partial charge on any atom is 0.511 e. The highest BCUT2D eigenvalue weighted by atomic mass is 16.6. The minimum atomic E-state index is -1.26. The molecule has 1 N–H and O–H groups in total. The van der Waals surface area contributed by atoms with Crippen LogP contribution in [-0.2, 0) is 9.53 Å². The molecular formula is C9H16N4O4. The number of carboxylic acids is 1. The summed E-state index contributed by atoms with van der Waals surface area (Å²) in [6.07, 6.45) is -0.877. The van der Waals surface area contributed by atoms with Gasteiger partial charge in [0.2, 0.25) is 6.04 Å². The minimum absolute atomic E-state index is 0.105. The van der Waals surface area contributed by atoms with E-state index in [0.717, 1.165) is 0 Å². The first kappa shape index (κ1) is 15.0. The lowest BCUT2D eigenvalue weighted by Crippen LogP contribution is -2.43. The van der Waals surface area contributed by atoms with Gasteiger partial charge in [-0.1, -0.05) is 6.92 Å². The van der Waals surface area contributed by atoms with Gasteiger partial charge in [-0.25, -0.2) is 4.79 Å². The lowest BCUT2D eigenvalue weighted by Gasteiger charge is -2.23. The molecule has 0 aromatic rings. The third-order valence-corrected chi connectivity index (χ3v) is 1.68. The van der Waals surface area contributed by atoms with E-state index in [-0.39, 0.29) is 6.42 Å². The van der Waals surface area contributed by atoms with Crippen molar-refractivity contribution in [1.29, 1.82) is 0 Å². The van der Waals surface area contributed by atoms with Crippen LogP contribution in [0.25, 0.3) is 10.4 Å². The zero-order valence-electron chi connectivity index (χ0n) is 10.2. The molecule has 17 heavy (non-hydrogen) atoms. The molecule has 8 nitrogen and oxygen atoms in total. The molecule has 0 aromatic carbocycles. The van der Waals surface area contributed by atoms with Crippen LogP contribution in [0.4, 0.5) is 4.79 Å². The number of carboxylic acid groups (broad SMARTS) is 1. The number of aliphatic carboxylic acids is 1. The molecule has 8 heteroatoms. The maximum atomic E-state index is 11.6. The summed E-state index contributed by atoms with van der Waals surface area (Å²) < 4.78 is 4.94. The SMILES string of the molecule is CC[C@@H](C(=O)O)N(N=[N+]=[N-])C(=O)OC(C)(C)C. The molecule has 96 valence electrons. The first-order valence-corrected chi connectivity index (χ1v) is 5.03.